The summed E-state index contributed by atoms with van der Waals surface area (Å²) in [5, 5.41) is 5.66. The summed E-state index contributed by atoms with van der Waals surface area (Å²) in [6, 6.07) is 11.8. The first-order valence-electron chi connectivity index (χ1n) is 8.45. The fourth-order valence-corrected chi connectivity index (χ4v) is 3.26. The van der Waals surface area contributed by atoms with E-state index in [1.165, 1.54) is 17.8 Å². The van der Waals surface area contributed by atoms with Crippen molar-refractivity contribution in [2.24, 2.45) is 0 Å². The van der Waals surface area contributed by atoms with E-state index in [0.717, 1.165) is 5.56 Å². The van der Waals surface area contributed by atoms with Gasteiger partial charge in [0.1, 0.15) is 5.82 Å². The molecule has 2 aromatic carbocycles. The van der Waals surface area contributed by atoms with Gasteiger partial charge in [0.05, 0.1) is 0 Å². The first-order valence-corrected chi connectivity index (χ1v) is 9.44. The molecule has 0 saturated carbocycles. The number of carbonyl (C=O) groups is 2. The molecule has 2 rings (SSSR count). The van der Waals surface area contributed by atoms with Gasteiger partial charge in [-0.3, -0.25) is 9.59 Å². The van der Waals surface area contributed by atoms with Crippen molar-refractivity contribution >= 4 is 29.3 Å². The van der Waals surface area contributed by atoms with E-state index in [2.05, 4.69) is 10.6 Å². The minimum atomic E-state index is -0.274. The Morgan fingerprint density at radius 2 is 1.88 bits per heavy atom. The van der Waals surface area contributed by atoms with Gasteiger partial charge in [-0.2, -0.15) is 0 Å². The van der Waals surface area contributed by atoms with E-state index in [4.69, 9.17) is 0 Å². The second kappa shape index (κ2) is 9.38. The smallest absolute Gasteiger partial charge is 0.251 e. The van der Waals surface area contributed by atoms with E-state index in [1.54, 1.807) is 36.4 Å². The molecule has 0 spiro atoms. The summed E-state index contributed by atoms with van der Waals surface area (Å²) >= 11 is 1.31. The number of carbonyl (C=O) groups excluding carboxylic acids is 2. The SMILES string of the molecule is Cc1cc(NC(=O)CCSc2ccccc2F)ccc1C(=O)NC(C)C. The van der Waals surface area contributed by atoms with Gasteiger partial charge >= 0.3 is 0 Å². The average molecular weight is 374 g/mol. The maximum Gasteiger partial charge on any atom is 0.251 e. The van der Waals surface area contributed by atoms with E-state index >= 15 is 0 Å². The number of hydrogen-bond donors (Lipinski definition) is 2. The number of benzene rings is 2. The Labute approximate surface area is 157 Å². The standard InChI is InChI=1S/C20H23FN2O2S/c1-13(2)22-20(25)16-9-8-15(12-14(16)3)23-19(24)10-11-26-18-7-5-4-6-17(18)21/h4-9,12-13H,10-11H2,1-3H3,(H,22,25)(H,23,24). The molecule has 2 N–H and O–H groups in total. The third-order valence-corrected chi connectivity index (χ3v) is 4.65. The Morgan fingerprint density at radius 1 is 1.15 bits per heavy atom. The number of hydrogen-bond acceptors (Lipinski definition) is 3. The number of nitrogens with one attached hydrogen (secondary N) is 2. The van der Waals surface area contributed by atoms with Crippen molar-refractivity contribution < 1.29 is 14.0 Å². The lowest BCUT2D eigenvalue weighted by molar-refractivity contribution is -0.115. The molecule has 138 valence electrons. The molecule has 0 saturated heterocycles. The van der Waals surface area contributed by atoms with Crippen LogP contribution in [0.5, 0.6) is 0 Å². The van der Waals surface area contributed by atoms with Gasteiger partial charge in [-0.15, -0.1) is 11.8 Å². The topological polar surface area (TPSA) is 58.2 Å². The lowest BCUT2D eigenvalue weighted by Crippen LogP contribution is -2.30. The van der Waals surface area contributed by atoms with Crippen molar-refractivity contribution in [2.45, 2.75) is 38.1 Å². The third-order valence-electron chi connectivity index (χ3n) is 3.60. The first-order chi connectivity index (χ1) is 12.4. The van der Waals surface area contributed by atoms with E-state index < -0.39 is 0 Å². The summed E-state index contributed by atoms with van der Waals surface area (Å²) in [5.74, 6) is -0.0613. The first kappa shape index (κ1) is 20.0. The molecule has 0 unspecified atom stereocenters. The summed E-state index contributed by atoms with van der Waals surface area (Å²) in [4.78, 5) is 24.7. The lowest BCUT2D eigenvalue weighted by Gasteiger charge is -2.12. The number of thioether (sulfide) groups is 1. The second-order valence-electron chi connectivity index (χ2n) is 6.23. The minimum Gasteiger partial charge on any atom is -0.350 e. The van der Waals surface area contributed by atoms with Crippen molar-refractivity contribution in [3.05, 3.63) is 59.4 Å². The highest BCUT2D eigenvalue weighted by Gasteiger charge is 2.11. The monoisotopic (exact) mass is 374 g/mol. The molecule has 0 fully saturated rings. The molecular formula is C20H23FN2O2S. The molecule has 0 heterocycles. The number of rotatable bonds is 7. The fourth-order valence-electron chi connectivity index (χ4n) is 2.38. The normalized spacial score (nSPS) is 10.7. The highest BCUT2D eigenvalue weighted by Crippen LogP contribution is 2.22. The molecule has 0 aromatic heterocycles. The molecule has 4 nitrogen and oxygen atoms in total. The predicted octanol–water partition coefficient (Wildman–Crippen LogP) is 4.39. The molecule has 0 radical (unpaired) electrons. The Kier molecular flexibility index (Phi) is 7.21. The summed E-state index contributed by atoms with van der Waals surface area (Å²) in [6.07, 6.45) is 0.271. The van der Waals surface area contributed by atoms with Crippen LogP contribution >= 0.6 is 11.8 Å². The zero-order valence-electron chi connectivity index (χ0n) is 15.1. The van der Waals surface area contributed by atoms with Gasteiger partial charge in [0.25, 0.3) is 5.91 Å². The van der Waals surface area contributed by atoms with Crippen LogP contribution in [0.2, 0.25) is 0 Å². The van der Waals surface area contributed by atoms with E-state index in [1.807, 2.05) is 20.8 Å². The Balaban J connectivity index is 1.88. The van der Waals surface area contributed by atoms with E-state index in [9.17, 15) is 14.0 Å². The Morgan fingerprint density at radius 3 is 2.54 bits per heavy atom. The van der Waals surface area contributed by atoms with Crippen molar-refractivity contribution in [3.63, 3.8) is 0 Å². The van der Waals surface area contributed by atoms with Gasteiger partial charge in [0.2, 0.25) is 5.91 Å². The summed E-state index contributed by atoms with van der Waals surface area (Å²) < 4.78 is 13.5. The molecule has 0 aliphatic rings. The van der Waals surface area contributed by atoms with Crippen LogP contribution in [0, 0.1) is 12.7 Å². The molecule has 6 heteroatoms. The van der Waals surface area contributed by atoms with Crippen LogP contribution in [0.4, 0.5) is 10.1 Å². The number of amides is 2. The summed E-state index contributed by atoms with van der Waals surface area (Å²) in [6.45, 7) is 5.64. The summed E-state index contributed by atoms with van der Waals surface area (Å²) in [5.41, 5.74) is 2.03. The van der Waals surface area contributed by atoms with Crippen molar-refractivity contribution in [3.8, 4) is 0 Å². The van der Waals surface area contributed by atoms with Gasteiger partial charge in [-0.1, -0.05) is 12.1 Å². The van der Waals surface area contributed by atoms with Crippen molar-refractivity contribution in [2.75, 3.05) is 11.1 Å². The largest absolute Gasteiger partial charge is 0.350 e. The maximum absolute atomic E-state index is 13.5. The molecule has 0 bridgehead atoms. The van der Waals surface area contributed by atoms with Gasteiger partial charge < -0.3 is 10.6 Å². The third kappa shape index (κ3) is 5.88. The minimum absolute atomic E-state index is 0.0632. The quantitative estimate of drug-likeness (QED) is 0.707. The van der Waals surface area contributed by atoms with Crippen LogP contribution in [0.25, 0.3) is 0 Å². The molecule has 2 aromatic rings. The van der Waals surface area contributed by atoms with Crippen LogP contribution in [0.15, 0.2) is 47.4 Å². The van der Waals surface area contributed by atoms with Gasteiger partial charge in [0, 0.05) is 34.4 Å². The molecular weight excluding hydrogens is 351 g/mol. The van der Waals surface area contributed by atoms with Crippen LogP contribution in [-0.4, -0.2) is 23.6 Å². The number of anilines is 1. The fraction of sp³-hybridized carbons (Fsp3) is 0.300. The zero-order chi connectivity index (χ0) is 19.1. The van der Waals surface area contributed by atoms with Gasteiger partial charge in [-0.25, -0.2) is 4.39 Å². The molecule has 0 aliphatic carbocycles. The maximum atomic E-state index is 13.5. The van der Waals surface area contributed by atoms with Crippen LogP contribution < -0.4 is 10.6 Å². The van der Waals surface area contributed by atoms with E-state index in [-0.39, 0.29) is 30.1 Å². The van der Waals surface area contributed by atoms with Crippen LogP contribution in [0.1, 0.15) is 36.2 Å². The van der Waals surface area contributed by atoms with Crippen LogP contribution in [-0.2, 0) is 4.79 Å². The predicted molar refractivity (Wildman–Crippen MR) is 104 cm³/mol. The number of halogens is 1. The van der Waals surface area contributed by atoms with Gasteiger partial charge in [-0.05, 0) is 56.7 Å². The zero-order valence-corrected chi connectivity index (χ0v) is 16.0. The lowest BCUT2D eigenvalue weighted by atomic mass is 10.1. The highest BCUT2D eigenvalue weighted by molar-refractivity contribution is 7.99. The van der Waals surface area contributed by atoms with E-state index in [0.29, 0.717) is 21.9 Å². The molecule has 26 heavy (non-hydrogen) atoms. The number of aryl methyl sites for hydroxylation is 1. The Bertz CT molecular complexity index is 793. The average Bonchev–Trinajstić information content (AvgIpc) is 2.56. The van der Waals surface area contributed by atoms with Crippen LogP contribution in [0.3, 0.4) is 0 Å². The molecule has 2 amide bonds. The Hall–Kier alpha value is -2.34. The highest BCUT2D eigenvalue weighted by atomic mass is 32.2. The van der Waals surface area contributed by atoms with Crippen molar-refractivity contribution in [1.82, 2.24) is 5.32 Å². The van der Waals surface area contributed by atoms with Gasteiger partial charge in [0.15, 0.2) is 0 Å². The molecule has 0 atom stereocenters. The summed E-state index contributed by atoms with van der Waals surface area (Å²) in [7, 11) is 0. The van der Waals surface area contributed by atoms with Crippen molar-refractivity contribution in [1.29, 1.82) is 0 Å². The molecule has 0 aliphatic heterocycles. The second-order valence-corrected chi connectivity index (χ2v) is 7.37.